The number of hydrogen-bond acceptors (Lipinski definition) is 4. The quantitative estimate of drug-likeness (QED) is 0.282. The van der Waals surface area contributed by atoms with Crippen molar-refractivity contribution in [3.63, 3.8) is 0 Å². The van der Waals surface area contributed by atoms with Crippen molar-refractivity contribution >= 4 is 41.3 Å². The SMILES string of the molecule is CN=C(NCCCOCC(C)C)NCc1nc(C)c(C)s1.I. The molecule has 0 radical (unpaired) electrons. The van der Waals surface area contributed by atoms with Gasteiger partial charge >= 0.3 is 0 Å². The summed E-state index contributed by atoms with van der Waals surface area (Å²) >= 11 is 1.73. The number of thiazole rings is 1. The van der Waals surface area contributed by atoms with Crippen LogP contribution in [0.3, 0.4) is 0 Å². The van der Waals surface area contributed by atoms with Gasteiger partial charge in [-0.25, -0.2) is 4.98 Å². The number of aromatic nitrogens is 1. The van der Waals surface area contributed by atoms with Gasteiger partial charge in [0.15, 0.2) is 5.96 Å². The van der Waals surface area contributed by atoms with Crippen molar-refractivity contribution in [1.82, 2.24) is 15.6 Å². The third-order valence-corrected chi connectivity index (χ3v) is 3.99. The van der Waals surface area contributed by atoms with E-state index in [0.717, 1.165) is 42.8 Å². The molecule has 1 aromatic rings. The Morgan fingerprint density at radius 3 is 2.59 bits per heavy atom. The van der Waals surface area contributed by atoms with Crippen LogP contribution in [0.4, 0.5) is 0 Å². The average molecular weight is 440 g/mol. The van der Waals surface area contributed by atoms with Crippen LogP contribution in [0.5, 0.6) is 0 Å². The molecule has 0 aliphatic carbocycles. The van der Waals surface area contributed by atoms with Gasteiger partial charge in [-0.2, -0.15) is 0 Å². The lowest BCUT2D eigenvalue weighted by molar-refractivity contribution is 0.108. The van der Waals surface area contributed by atoms with Crippen molar-refractivity contribution in [2.75, 3.05) is 26.8 Å². The lowest BCUT2D eigenvalue weighted by atomic mass is 10.2. The molecule has 128 valence electrons. The molecule has 0 atom stereocenters. The molecule has 1 heterocycles. The first-order valence-corrected chi connectivity index (χ1v) is 8.29. The number of nitrogens with one attached hydrogen (secondary N) is 2. The van der Waals surface area contributed by atoms with Gasteiger partial charge in [-0.3, -0.25) is 4.99 Å². The van der Waals surface area contributed by atoms with Crippen LogP contribution < -0.4 is 10.6 Å². The molecule has 0 saturated carbocycles. The van der Waals surface area contributed by atoms with Crippen LogP contribution in [0.15, 0.2) is 4.99 Å². The summed E-state index contributed by atoms with van der Waals surface area (Å²) in [6, 6.07) is 0. The molecule has 22 heavy (non-hydrogen) atoms. The molecule has 0 amide bonds. The van der Waals surface area contributed by atoms with Crippen LogP contribution in [-0.4, -0.2) is 37.7 Å². The predicted octanol–water partition coefficient (Wildman–Crippen LogP) is 3.11. The minimum atomic E-state index is 0. The monoisotopic (exact) mass is 440 g/mol. The highest BCUT2D eigenvalue weighted by Crippen LogP contribution is 2.15. The second-order valence-electron chi connectivity index (χ2n) is 5.42. The first kappa shape index (κ1) is 21.6. The molecule has 7 heteroatoms. The lowest BCUT2D eigenvalue weighted by Crippen LogP contribution is -2.37. The molecule has 0 aliphatic rings. The number of halogens is 1. The number of guanidine groups is 1. The number of hydrogen-bond donors (Lipinski definition) is 2. The number of nitrogens with zero attached hydrogens (tertiary/aromatic N) is 2. The van der Waals surface area contributed by atoms with E-state index in [9.17, 15) is 0 Å². The summed E-state index contributed by atoms with van der Waals surface area (Å²) in [4.78, 5) is 9.99. The molecule has 1 rings (SSSR count). The molecular formula is C15H29IN4OS. The van der Waals surface area contributed by atoms with E-state index in [2.05, 4.69) is 41.4 Å². The van der Waals surface area contributed by atoms with E-state index in [1.807, 2.05) is 6.92 Å². The molecule has 1 aromatic heterocycles. The van der Waals surface area contributed by atoms with Crippen molar-refractivity contribution < 1.29 is 4.74 Å². The third kappa shape index (κ3) is 8.89. The van der Waals surface area contributed by atoms with Gasteiger partial charge < -0.3 is 15.4 Å². The van der Waals surface area contributed by atoms with Crippen LogP contribution in [0.2, 0.25) is 0 Å². The van der Waals surface area contributed by atoms with Gasteiger partial charge in [0.2, 0.25) is 0 Å². The van der Waals surface area contributed by atoms with Gasteiger partial charge in [-0.05, 0) is 26.2 Å². The van der Waals surface area contributed by atoms with E-state index in [1.165, 1.54) is 4.88 Å². The van der Waals surface area contributed by atoms with Crippen LogP contribution >= 0.6 is 35.3 Å². The first-order chi connectivity index (χ1) is 10.0. The summed E-state index contributed by atoms with van der Waals surface area (Å²) in [5, 5.41) is 7.66. The Hall–Kier alpha value is -0.410. The predicted molar refractivity (Wildman–Crippen MR) is 105 cm³/mol. The fourth-order valence-corrected chi connectivity index (χ4v) is 2.57. The van der Waals surface area contributed by atoms with Crippen molar-refractivity contribution in [1.29, 1.82) is 0 Å². The maximum atomic E-state index is 5.55. The maximum Gasteiger partial charge on any atom is 0.191 e. The van der Waals surface area contributed by atoms with E-state index in [4.69, 9.17) is 4.74 Å². The summed E-state index contributed by atoms with van der Waals surface area (Å²) in [5.41, 5.74) is 1.11. The van der Waals surface area contributed by atoms with E-state index in [0.29, 0.717) is 12.5 Å². The Kier molecular flexibility index (Phi) is 11.8. The molecule has 0 unspecified atom stereocenters. The highest BCUT2D eigenvalue weighted by Gasteiger charge is 2.04. The van der Waals surface area contributed by atoms with E-state index in [-0.39, 0.29) is 24.0 Å². The van der Waals surface area contributed by atoms with Gasteiger partial charge in [-0.15, -0.1) is 35.3 Å². The second-order valence-corrected chi connectivity index (χ2v) is 6.71. The van der Waals surface area contributed by atoms with Gasteiger partial charge in [0, 0.05) is 31.7 Å². The van der Waals surface area contributed by atoms with Crippen LogP contribution in [0, 0.1) is 19.8 Å². The van der Waals surface area contributed by atoms with Crippen LogP contribution in [0.25, 0.3) is 0 Å². The zero-order valence-corrected chi connectivity index (χ0v) is 17.4. The number of aliphatic imine (C=N–C) groups is 1. The van der Waals surface area contributed by atoms with Crippen LogP contribution in [-0.2, 0) is 11.3 Å². The molecule has 0 aliphatic heterocycles. The zero-order chi connectivity index (χ0) is 15.7. The fourth-order valence-electron chi connectivity index (χ4n) is 1.69. The fraction of sp³-hybridized carbons (Fsp3) is 0.733. The Bertz CT molecular complexity index is 429. The first-order valence-electron chi connectivity index (χ1n) is 7.48. The normalized spacial score (nSPS) is 11.5. The molecule has 0 saturated heterocycles. The van der Waals surface area contributed by atoms with Gasteiger partial charge in [0.25, 0.3) is 0 Å². The molecule has 0 spiro atoms. The highest BCUT2D eigenvalue weighted by molar-refractivity contribution is 14.0. The molecule has 0 fully saturated rings. The van der Waals surface area contributed by atoms with Gasteiger partial charge in [0.1, 0.15) is 5.01 Å². The van der Waals surface area contributed by atoms with Crippen molar-refractivity contribution in [3.8, 4) is 0 Å². The number of ether oxygens (including phenoxy) is 1. The van der Waals surface area contributed by atoms with Crippen molar-refractivity contribution in [2.45, 2.75) is 40.7 Å². The topological polar surface area (TPSA) is 58.5 Å². The minimum Gasteiger partial charge on any atom is -0.381 e. The summed E-state index contributed by atoms with van der Waals surface area (Å²) < 4.78 is 5.55. The molecule has 2 N–H and O–H groups in total. The summed E-state index contributed by atoms with van der Waals surface area (Å²) in [5.74, 6) is 1.40. The maximum absolute atomic E-state index is 5.55. The van der Waals surface area contributed by atoms with E-state index in [1.54, 1.807) is 18.4 Å². The summed E-state index contributed by atoms with van der Waals surface area (Å²) in [6.07, 6.45) is 0.975. The van der Waals surface area contributed by atoms with Gasteiger partial charge in [0.05, 0.1) is 12.2 Å². The van der Waals surface area contributed by atoms with Crippen molar-refractivity contribution in [2.24, 2.45) is 10.9 Å². The lowest BCUT2D eigenvalue weighted by Gasteiger charge is -2.11. The standard InChI is InChI=1S/C15H28N4OS.HI/c1-11(2)10-20-8-6-7-17-15(16-5)18-9-14-19-12(3)13(4)21-14;/h11H,6-10H2,1-5H3,(H2,16,17,18);1H. The molecule has 0 aromatic carbocycles. The number of aryl methyl sites for hydroxylation is 2. The highest BCUT2D eigenvalue weighted by atomic mass is 127. The smallest absolute Gasteiger partial charge is 0.191 e. The third-order valence-electron chi connectivity index (χ3n) is 2.91. The average Bonchev–Trinajstić information content (AvgIpc) is 2.76. The largest absolute Gasteiger partial charge is 0.381 e. The molecular weight excluding hydrogens is 411 g/mol. The summed E-state index contributed by atoms with van der Waals surface area (Å²) in [6.45, 7) is 11.6. The van der Waals surface area contributed by atoms with E-state index < -0.39 is 0 Å². The Balaban J connectivity index is 0.00000441. The summed E-state index contributed by atoms with van der Waals surface area (Å²) in [7, 11) is 1.78. The Morgan fingerprint density at radius 1 is 1.32 bits per heavy atom. The second kappa shape index (κ2) is 12.1. The minimum absolute atomic E-state index is 0. The van der Waals surface area contributed by atoms with E-state index >= 15 is 0 Å². The Morgan fingerprint density at radius 2 is 2.05 bits per heavy atom. The molecule has 0 bridgehead atoms. The zero-order valence-electron chi connectivity index (χ0n) is 14.2. The Labute approximate surface area is 155 Å². The number of rotatable bonds is 8. The van der Waals surface area contributed by atoms with Crippen LogP contribution in [0.1, 0.15) is 35.8 Å². The molecule has 5 nitrogen and oxygen atoms in total. The van der Waals surface area contributed by atoms with Crippen molar-refractivity contribution in [3.05, 3.63) is 15.6 Å². The van der Waals surface area contributed by atoms with Gasteiger partial charge in [-0.1, -0.05) is 13.8 Å².